The molecular formula is C14H24O2. The number of carboxylic acids is 1. The lowest BCUT2D eigenvalue weighted by atomic mass is 10.1. The van der Waals surface area contributed by atoms with Crippen LogP contribution in [0.5, 0.6) is 0 Å². The van der Waals surface area contributed by atoms with E-state index >= 15 is 0 Å². The van der Waals surface area contributed by atoms with Gasteiger partial charge in [-0.25, -0.2) is 0 Å². The maximum absolute atomic E-state index is 10.2. The van der Waals surface area contributed by atoms with E-state index in [2.05, 4.69) is 0 Å². The Hall–Kier alpha value is -1.31. The molecule has 0 aromatic heterocycles. The summed E-state index contributed by atoms with van der Waals surface area (Å²) in [4.78, 5) is 10.2. The number of carboxylic acid groups (broad SMARTS) is 1. The molecule has 1 aromatic carbocycles. The van der Waals surface area contributed by atoms with E-state index in [1.54, 1.807) is 0 Å². The smallest absolute Gasteiger partial charge is 0.303 e. The lowest BCUT2D eigenvalue weighted by molar-refractivity contribution is -0.136. The number of hydrogen-bond donors (Lipinski definition) is 1. The predicted octanol–water partition coefficient (Wildman–Crippen LogP) is 4.06. The number of benzene rings is 1. The highest BCUT2D eigenvalue weighted by molar-refractivity contribution is 5.67. The third-order valence-electron chi connectivity index (χ3n) is 1.75. The molecule has 16 heavy (non-hydrogen) atoms. The summed E-state index contributed by atoms with van der Waals surface area (Å²) in [5, 5.41) is 8.43. The van der Waals surface area contributed by atoms with Gasteiger partial charge in [0.25, 0.3) is 0 Å². The molecular weight excluding hydrogens is 200 g/mol. The topological polar surface area (TPSA) is 37.3 Å². The first-order valence-corrected chi connectivity index (χ1v) is 5.96. The summed E-state index contributed by atoms with van der Waals surface area (Å²) in [5.74, 6) is -0.740. The van der Waals surface area contributed by atoms with Gasteiger partial charge >= 0.3 is 5.97 Å². The Balaban J connectivity index is 0. The molecule has 0 unspecified atom stereocenters. The average Bonchev–Trinajstić information content (AvgIpc) is 2.33. The number of hydrogen-bond acceptors (Lipinski definition) is 1. The van der Waals surface area contributed by atoms with Crippen molar-refractivity contribution < 1.29 is 9.90 Å². The Morgan fingerprint density at radius 2 is 1.50 bits per heavy atom. The van der Waals surface area contributed by atoms with Gasteiger partial charge in [-0.05, 0) is 18.9 Å². The third kappa shape index (κ3) is 9.25. The van der Waals surface area contributed by atoms with Crippen molar-refractivity contribution in [2.24, 2.45) is 0 Å². The Labute approximate surface area is 99.3 Å². The SMILES string of the molecule is CC.CC.Cc1ccc(CCC(=O)O)cc1. The molecule has 0 bridgehead atoms. The maximum atomic E-state index is 10.2. The molecule has 0 atom stereocenters. The second-order valence-corrected chi connectivity index (χ2v) is 2.88. The fourth-order valence-electron chi connectivity index (χ4n) is 1.01. The Kier molecular flexibility index (Phi) is 12.6. The van der Waals surface area contributed by atoms with Gasteiger partial charge in [-0.15, -0.1) is 0 Å². The van der Waals surface area contributed by atoms with E-state index in [0.717, 1.165) is 5.56 Å². The number of rotatable bonds is 3. The molecule has 0 spiro atoms. The van der Waals surface area contributed by atoms with E-state index in [1.807, 2.05) is 58.9 Å². The second kappa shape index (κ2) is 11.8. The largest absolute Gasteiger partial charge is 0.481 e. The molecule has 2 nitrogen and oxygen atoms in total. The van der Waals surface area contributed by atoms with Crippen LogP contribution < -0.4 is 0 Å². The molecule has 2 heteroatoms. The standard InChI is InChI=1S/C10H12O2.2C2H6/c1-8-2-4-9(5-3-8)6-7-10(11)12;2*1-2/h2-5H,6-7H2,1H3,(H,11,12);2*1-2H3. The van der Waals surface area contributed by atoms with Crippen molar-refractivity contribution in [3.63, 3.8) is 0 Å². The number of aliphatic carboxylic acids is 1. The van der Waals surface area contributed by atoms with Crippen molar-refractivity contribution in [3.8, 4) is 0 Å². The van der Waals surface area contributed by atoms with Crippen molar-refractivity contribution in [1.29, 1.82) is 0 Å². The number of carbonyl (C=O) groups is 1. The Morgan fingerprint density at radius 3 is 1.88 bits per heavy atom. The molecule has 0 saturated carbocycles. The average molecular weight is 224 g/mol. The molecule has 1 aromatic rings. The van der Waals surface area contributed by atoms with E-state index < -0.39 is 5.97 Å². The quantitative estimate of drug-likeness (QED) is 0.840. The molecule has 92 valence electrons. The van der Waals surface area contributed by atoms with Crippen LogP contribution in [0.1, 0.15) is 45.2 Å². The minimum atomic E-state index is -0.740. The highest BCUT2D eigenvalue weighted by Gasteiger charge is 1.97. The van der Waals surface area contributed by atoms with Gasteiger partial charge in [0.1, 0.15) is 0 Å². The fraction of sp³-hybridized carbons (Fsp3) is 0.500. The van der Waals surface area contributed by atoms with Crippen molar-refractivity contribution in [2.45, 2.75) is 47.5 Å². The summed E-state index contributed by atoms with van der Waals surface area (Å²) in [6, 6.07) is 7.94. The molecule has 0 fully saturated rings. The Bertz CT molecular complexity index is 263. The highest BCUT2D eigenvalue weighted by atomic mass is 16.4. The van der Waals surface area contributed by atoms with Gasteiger partial charge in [-0.3, -0.25) is 4.79 Å². The fourth-order valence-corrected chi connectivity index (χ4v) is 1.01. The van der Waals surface area contributed by atoms with Gasteiger partial charge in [0.2, 0.25) is 0 Å². The van der Waals surface area contributed by atoms with Crippen LogP contribution in [0.25, 0.3) is 0 Å². The molecule has 0 radical (unpaired) electrons. The van der Waals surface area contributed by atoms with Crippen molar-refractivity contribution in [3.05, 3.63) is 35.4 Å². The first-order chi connectivity index (χ1) is 7.68. The Morgan fingerprint density at radius 1 is 1.06 bits per heavy atom. The summed E-state index contributed by atoms with van der Waals surface area (Å²) < 4.78 is 0. The second-order valence-electron chi connectivity index (χ2n) is 2.88. The lowest BCUT2D eigenvalue weighted by Crippen LogP contribution is -1.97. The predicted molar refractivity (Wildman–Crippen MR) is 69.8 cm³/mol. The van der Waals surface area contributed by atoms with Gasteiger partial charge in [0.15, 0.2) is 0 Å². The molecule has 0 heterocycles. The lowest BCUT2D eigenvalue weighted by Gasteiger charge is -1.98. The van der Waals surface area contributed by atoms with Crippen LogP contribution in [0.3, 0.4) is 0 Å². The first kappa shape index (κ1) is 17.1. The zero-order valence-electron chi connectivity index (χ0n) is 11.1. The van der Waals surface area contributed by atoms with E-state index in [-0.39, 0.29) is 6.42 Å². The normalized spacial score (nSPS) is 8.06. The van der Waals surface area contributed by atoms with Crippen LogP contribution in [0.2, 0.25) is 0 Å². The van der Waals surface area contributed by atoms with E-state index in [0.29, 0.717) is 6.42 Å². The van der Waals surface area contributed by atoms with Crippen LogP contribution in [0.4, 0.5) is 0 Å². The van der Waals surface area contributed by atoms with Gasteiger partial charge in [0, 0.05) is 6.42 Å². The molecule has 0 saturated heterocycles. The molecule has 0 aliphatic rings. The monoisotopic (exact) mass is 224 g/mol. The minimum Gasteiger partial charge on any atom is -0.481 e. The van der Waals surface area contributed by atoms with E-state index in [9.17, 15) is 4.79 Å². The van der Waals surface area contributed by atoms with Crippen LogP contribution >= 0.6 is 0 Å². The minimum absolute atomic E-state index is 0.211. The number of aryl methyl sites for hydroxylation is 2. The summed E-state index contributed by atoms with van der Waals surface area (Å²) in [5.41, 5.74) is 2.29. The van der Waals surface area contributed by atoms with Gasteiger partial charge in [0.05, 0.1) is 0 Å². The zero-order chi connectivity index (χ0) is 13.0. The van der Waals surface area contributed by atoms with E-state index in [1.165, 1.54) is 5.56 Å². The zero-order valence-corrected chi connectivity index (χ0v) is 11.1. The van der Waals surface area contributed by atoms with Crippen LogP contribution in [-0.4, -0.2) is 11.1 Å². The van der Waals surface area contributed by atoms with Crippen LogP contribution in [0.15, 0.2) is 24.3 Å². The van der Waals surface area contributed by atoms with E-state index in [4.69, 9.17) is 5.11 Å². The summed E-state index contributed by atoms with van der Waals surface area (Å²) in [7, 11) is 0. The van der Waals surface area contributed by atoms with Crippen LogP contribution in [-0.2, 0) is 11.2 Å². The molecule has 0 amide bonds. The van der Waals surface area contributed by atoms with Crippen LogP contribution in [0, 0.1) is 6.92 Å². The third-order valence-corrected chi connectivity index (χ3v) is 1.75. The molecule has 0 aliphatic carbocycles. The molecule has 1 N–H and O–H groups in total. The van der Waals surface area contributed by atoms with Gasteiger partial charge in [-0.1, -0.05) is 57.5 Å². The van der Waals surface area contributed by atoms with Gasteiger partial charge in [-0.2, -0.15) is 0 Å². The summed E-state index contributed by atoms with van der Waals surface area (Å²) in [6.45, 7) is 10.0. The summed E-state index contributed by atoms with van der Waals surface area (Å²) in [6.07, 6.45) is 0.832. The maximum Gasteiger partial charge on any atom is 0.303 e. The summed E-state index contributed by atoms with van der Waals surface area (Å²) >= 11 is 0. The first-order valence-electron chi connectivity index (χ1n) is 5.96. The highest BCUT2D eigenvalue weighted by Crippen LogP contribution is 2.05. The molecule has 1 rings (SSSR count). The molecule has 0 aliphatic heterocycles. The van der Waals surface area contributed by atoms with Crippen molar-refractivity contribution in [1.82, 2.24) is 0 Å². The van der Waals surface area contributed by atoms with Crippen molar-refractivity contribution in [2.75, 3.05) is 0 Å². The van der Waals surface area contributed by atoms with Crippen molar-refractivity contribution >= 4 is 5.97 Å². The van der Waals surface area contributed by atoms with Gasteiger partial charge < -0.3 is 5.11 Å².